The van der Waals surface area contributed by atoms with Crippen molar-refractivity contribution in [3.05, 3.63) is 0 Å². The van der Waals surface area contributed by atoms with Crippen LogP contribution in [0.25, 0.3) is 0 Å². The van der Waals surface area contributed by atoms with Crippen LogP contribution in [0.1, 0.15) is 32.6 Å². The molecule has 3 aliphatic heterocycles. The minimum Gasteiger partial charge on any atom is -0.306 e. The van der Waals surface area contributed by atoms with E-state index in [1.54, 1.807) is 0 Å². The van der Waals surface area contributed by atoms with Crippen molar-refractivity contribution < 1.29 is 0 Å². The van der Waals surface area contributed by atoms with Gasteiger partial charge in [-0.3, -0.25) is 4.90 Å². The van der Waals surface area contributed by atoms with Crippen LogP contribution in [-0.4, -0.2) is 73.6 Å². The first-order chi connectivity index (χ1) is 10.2. The minimum absolute atomic E-state index is 0.973. The molecule has 0 aromatic rings. The smallest absolute Gasteiger partial charge is 0.0184 e. The van der Waals surface area contributed by atoms with E-state index in [2.05, 4.69) is 28.7 Å². The van der Waals surface area contributed by atoms with Gasteiger partial charge in [0.05, 0.1) is 0 Å². The van der Waals surface area contributed by atoms with Crippen LogP contribution < -0.4 is 0 Å². The molecule has 0 aromatic heterocycles. The first-order valence-corrected chi connectivity index (χ1v) is 9.35. The molecule has 3 atom stereocenters. The van der Waals surface area contributed by atoms with Gasteiger partial charge >= 0.3 is 0 Å². The lowest BCUT2D eigenvalue weighted by molar-refractivity contribution is 0.148. The van der Waals surface area contributed by atoms with Crippen LogP contribution in [0.4, 0.5) is 0 Å². The average molecular weight is 291 g/mol. The highest BCUT2D eigenvalue weighted by atomic mass is 15.3. The molecule has 21 heavy (non-hydrogen) atoms. The molecule has 0 radical (unpaired) electrons. The maximum Gasteiger partial charge on any atom is 0.0184 e. The van der Waals surface area contributed by atoms with Crippen LogP contribution in [0, 0.1) is 23.7 Å². The fourth-order valence-corrected chi connectivity index (χ4v) is 5.26. The first-order valence-electron chi connectivity index (χ1n) is 9.35. The van der Waals surface area contributed by atoms with Gasteiger partial charge in [0, 0.05) is 25.7 Å². The van der Waals surface area contributed by atoms with Gasteiger partial charge < -0.3 is 9.80 Å². The molecular weight excluding hydrogens is 258 g/mol. The predicted octanol–water partition coefficient (Wildman–Crippen LogP) is 1.99. The summed E-state index contributed by atoms with van der Waals surface area (Å²) in [7, 11) is 2.27. The topological polar surface area (TPSA) is 9.72 Å². The highest BCUT2D eigenvalue weighted by molar-refractivity contribution is 5.11. The maximum atomic E-state index is 2.83. The Hall–Kier alpha value is -0.120. The fraction of sp³-hybridized carbons (Fsp3) is 1.00. The molecule has 0 spiro atoms. The Kier molecular flexibility index (Phi) is 4.01. The van der Waals surface area contributed by atoms with Crippen LogP contribution in [0.2, 0.25) is 0 Å². The van der Waals surface area contributed by atoms with Gasteiger partial charge in [0.2, 0.25) is 0 Å². The van der Waals surface area contributed by atoms with E-state index in [0.29, 0.717) is 0 Å². The van der Waals surface area contributed by atoms with Crippen molar-refractivity contribution in [2.75, 3.05) is 52.9 Å². The Morgan fingerprint density at radius 2 is 1.62 bits per heavy atom. The highest BCUT2D eigenvalue weighted by Gasteiger charge is 2.57. The van der Waals surface area contributed by atoms with Crippen molar-refractivity contribution in [2.45, 2.75) is 38.6 Å². The second-order valence-corrected chi connectivity index (χ2v) is 8.50. The third-order valence-corrected chi connectivity index (χ3v) is 6.81. The van der Waals surface area contributed by atoms with E-state index in [4.69, 9.17) is 0 Å². The van der Waals surface area contributed by atoms with Gasteiger partial charge in [-0.15, -0.1) is 0 Å². The van der Waals surface area contributed by atoms with E-state index >= 15 is 0 Å². The minimum atomic E-state index is 0.973. The van der Waals surface area contributed by atoms with Crippen LogP contribution in [0.15, 0.2) is 0 Å². The molecule has 1 aliphatic carbocycles. The summed E-state index contributed by atoms with van der Waals surface area (Å²) in [5.41, 5.74) is 0. The molecule has 4 aliphatic rings. The lowest BCUT2D eigenvalue weighted by atomic mass is 9.99. The number of fused-ring (bicyclic) bond motifs is 1. The van der Waals surface area contributed by atoms with Gasteiger partial charge in [0.15, 0.2) is 0 Å². The summed E-state index contributed by atoms with van der Waals surface area (Å²) in [6.45, 7) is 12.0. The van der Waals surface area contributed by atoms with E-state index in [9.17, 15) is 0 Å². The summed E-state index contributed by atoms with van der Waals surface area (Å²) in [5, 5.41) is 0. The summed E-state index contributed by atoms with van der Waals surface area (Å²) >= 11 is 0. The molecule has 120 valence electrons. The number of piperidine rings is 2. The molecule has 3 nitrogen and oxygen atoms in total. The lowest BCUT2D eigenvalue weighted by Crippen LogP contribution is -2.39. The SMILES string of the molecule is CC1CCN(C2C3CN(CCC4CCN(C)C4)CC32)CC1. The van der Waals surface area contributed by atoms with Gasteiger partial charge in [-0.1, -0.05) is 6.92 Å². The van der Waals surface area contributed by atoms with Crippen molar-refractivity contribution in [3.63, 3.8) is 0 Å². The molecule has 3 saturated heterocycles. The van der Waals surface area contributed by atoms with Crippen molar-refractivity contribution in [2.24, 2.45) is 23.7 Å². The molecule has 3 heterocycles. The number of rotatable bonds is 4. The van der Waals surface area contributed by atoms with Crippen LogP contribution in [0.3, 0.4) is 0 Å². The third-order valence-electron chi connectivity index (χ3n) is 6.81. The van der Waals surface area contributed by atoms with E-state index in [0.717, 1.165) is 29.7 Å². The molecule has 3 unspecified atom stereocenters. The Morgan fingerprint density at radius 3 is 2.24 bits per heavy atom. The van der Waals surface area contributed by atoms with Crippen molar-refractivity contribution in [3.8, 4) is 0 Å². The second kappa shape index (κ2) is 5.82. The van der Waals surface area contributed by atoms with E-state index in [1.165, 1.54) is 71.5 Å². The lowest BCUT2D eigenvalue weighted by Gasteiger charge is -2.33. The Morgan fingerprint density at radius 1 is 0.905 bits per heavy atom. The Bertz CT molecular complexity index is 351. The summed E-state index contributed by atoms with van der Waals surface area (Å²) in [4.78, 5) is 8.11. The van der Waals surface area contributed by atoms with E-state index in [1.807, 2.05) is 0 Å². The van der Waals surface area contributed by atoms with Crippen molar-refractivity contribution in [1.82, 2.24) is 14.7 Å². The fourth-order valence-electron chi connectivity index (χ4n) is 5.26. The van der Waals surface area contributed by atoms with Crippen molar-refractivity contribution >= 4 is 0 Å². The quantitative estimate of drug-likeness (QED) is 0.784. The monoisotopic (exact) mass is 291 g/mol. The summed E-state index contributed by atoms with van der Waals surface area (Å²) in [5.74, 6) is 4.02. The van der Waals surface area contributed by atoms with E-state index < -0.39 is 0 Å². The van der Waals surface area contributed by atoms with Crippen LogP contribution >= 0.6 is 0 Å². The van der Waals surface area contributed by atoms with Gasteiger partial charge in [0.25, 0.3) is 0 Å². The number of nitrogens with zero attached hydrogens (tertiary/aromatic N) is 3. The average Bonchev–Trinajstić information content (AvgIpc) is 2.84. The number of hydrogen-bond acceptors (Lipinski definition) is 3. The Balaban J connectivity index is 1.18. The molecule has 0 N–H and O–H groups in total. The standard InChI is InChI=1S/C18H33N3/c1-14-3-9-21(10-4-14)18-16-12-20(13-17(16)18)8-6-15-5-7-19(2)11-15/h14-18H,3-13H2,1-2H3. The summed E-state index contributed by atoms with van der Waals surface area (Å²) in [6, 6.07) is 0.978. The number of hydrogen-bond donors (Lipinski definition) is 0. The zero-order valence-corrected chi connectivity index (χ0v) is 14.0. The molecule has 4 rings (SSSR count). The molecule has 3 heteroatoms. The number of likely N-dealkylation sites (tertiary alicyclic amines) is 3. The van der Waals surface area contributed by atoms with Crippen LogP contribution in [0.5, 0.6) is 0 Å². The highest BCUT2D eigenvalue weighted by Crippen LogP contribution is 2.49. The zero-order chi connectivity index (χ0) is 14.4. The summed E-state index contributed by atoms with van der Waals surface area (Å²) < 4.78 is 0. The molecule has 4 fully saturated rings. The molecule has 0 bridgehead atoms. The molecule has 1 saturated carbocycles. The van der Waals surface area contributed by atoms with Gasteiger partial charge in [-0.2, -0.15) is 0 Å². The molecule has 0 amide bonds. The zero-order valence-electron chi connectivity index (χ0n) is 14.0. The Labute approximate surface area is 130 Å². The molecular formula is C18H33N3. The predicted molar refractivity (Wildman–Crippen MR) is 87.4 cm³/mol. The third kappa shape index (κ3) is 3.02. The largest absolute Gasteiger partial charge is 0.306 e. The van der Waals surface area contributed by atoms with Gasteiger partial charge in [-0.05, 0) is 82.6 Å². The van der Waals surface area contributed by atoms with Crippen molar-refractivity contribution in [1.29, 1.82) is 0 Å². The second-order valence-electron chi connectivity index (χ2n) is 8.50. The first kappa shape index (κ1) is 14.5. The summed E-state index contributed by atoms with van der Waals surface area (Å²) in [6.07, 6.45) is 5.76. The van der Waals surface area contributed by atoms with Gasteiger partial charge in [0.1, 0.15) is 0 Å². The van der Waals surface area contributed by atoms with Gasteiger partial charge in [-0.25, -0.2) is 0 Å². The maximum absolute atomic E-state index is 2.83. The van der Waals surface area contributed by atoms with Crippen LogP contribution in [-0.2, 0) is 0 Å². The van der Waals surface area contributed by atoms with E-state index in [-0.39, 0.29) is 0 Å². The molecule has 0 aromatic carbocycles. The normalized spacial score (nSPS) is 42.6.